The molecule has 0 fully saturated rings. The van der Waals surface area contributed by atoms with Crippen molar-refractivity contribution in [3.63, 3.8) is 0 Å². The van der Waals surface area contributed by atoms with Crippen LogP contribution in [0.5, 0.6) is 5.75 Å². The van der Waals surface area contributed by atoms with Crippen molar-refractivity contribution in [1.82, 2.24) is 0 Å². The minimum atomic E-state index is -0.265. The van der Waals surface area contributed by atoms with E-state index in [2.05, 4.69) is 23.5 Å². The summed E-state index contributed by atoms with van der Waals surface area (Å²) in [5.74, 6) is 6.63. The Bertz CT molecular complexity index is 466. The molecule has 3 nitrogen and oxygen atoms in total. The Morgan fingerprint density at radius 3 is 2.72 bits per heavy atom. The first kappa shape index (κ1) is 14.1. The molecule has 0 aliphatic rings. The zero-order valence-corrected chi connectivity index (χ0v) is 11.1. The monoisotopic (exact) mass is 246 g/mol. The number of carbonyl (C=O) groups excluding carboxylic acids is 1. The van der Waals surface area contributed by atoms with E-state index in [1.807, 2.05) is 18.2 Å². The molecular weight excluding hydrogens is 228 g/mol. The normalized spacial score (nSPS) is 9.28. The minimum Gasteiger partial charge on any atom is -0.497 e. The molecule has 1 aromatic carbocycles. The molecule has 0 aliphatic carbocycles. The van der Waals surface area contributed by atoms with Gasteiger partial charge in [0.05, 0.1) is 20.6 Å². The summed E-state index contributed by atoms with van der Waals surface area (Å²) in [6.07, 6.45) is 2.09. The largest absolute Gasteiger partial charge is 0.497 e. The highest BCUT2D eigenvalue weighted by Crippen LogP contribution is 2.18. The third-order valence-electron chi connectivity index (χ3n) is 2.48. The molecule has 0 amide bonds. The van der Waals surface area contributed by atoms with Crippen LogP contribution in [0.3, 0.4) is 0 Å². The average Bonchev–Trinajstić information content (AvgIpc) is 2.40. The number of carbonyl (C=O) groups is 1. The van der Waals surface area contributed by atoms with Gasteiger partial charge in [-0.1, -0.05) is 24.8 Å². The molecule has 96 valence electrons. The Hall–Kier alpha value is -1.95. The Morgan fingerprint density at radius 2 is 2.11 bits per heavy atom. The highest BCUT2D eigenvalue weighted by Gasteiger charge is 2.08. The fraction of sp³-hybridized carbons (Fsp3) is 0.400. The summed E-state index contributed by atoms with van der Waals surface area (Å²) in [7, 11) is 2.99. The maximum absolute atomic E-state index is 11.3. The van der Waals surface area contributed by atoms with Crippen molar-refractivity contribution in [2.75, 3.05) is 14.2 Å². The number of hydrogen-bond acceptors (Lipinski definition) is 3. The molecule has 1 rings (SSSR count). The van der Waals surface area contributed by atoms with Gasteiger partial charge in [-0.15, -0.1) is 0 Å². The van der Waals surface area contributed by atoms with Gasteiger partial charge in [0, 0.05) is 12.0 Å². The van der Waals surface area contributed by atoms with E-state index in [1.54, 1.807) is 7.11 Å². The van der Waals surface area contributed by atoms with Crippen molar-refractivity contribution in [1.29, 1.82) is 0 Å². The first-order valence-corrected chi connectivity index (χ1v) is 5.93. The summed E-state index contributed by atoms with van der Waals surface area (Å²) in [5, 5.41) is 0. The lowest BCUT2D eigenvalue weighted by Gasteiger charge is -2.06. The van der Waals surface area contributed by atoms with Crippen LogP contribution >= 0.6 is 0 Å². The molecule has 0 aromatic heterocycles. The van der Waals surface area contributed by atoms with Crippen molar-refractivity contribution < 1.29 is 14.3 Å². The smallest absolute Gasteiger partial charge is 0.310 e. The molecule has 0 N–H and O–H groups in total. The summed E-state index contributed by atoms with van der Waals surface area (Å²) >= 11 is 0. The van der Waals surface area contributed by atoms with E-state index in [0.717, 1.165) is 29.7 Å². The fourth-order valence-electron chi connectivity index (χ4n) is 1.46. The van der Waals surface area contributed by atoms with E-state index in [0.29, 0.717) is 0 Å². The van der Waals surface area contributed by atoms with Crippen LogP contribution in [0, 0.1) is 11.8 Å². The van der Waals surface area contributed by atoms with Gasteiger partial charge in [0.1, 0.15) is 5.75 Å². The van der Waals surface area contributed by atoms with Crippen molar-refractivity contribution in [3.05, 3.63) is 29.3 Å². The lowest BCUT2D eigenvalue weighted by molar-refractivity contribution is -0.139. The van der Waals surface area contributed by atoms with Crippen LogP contribution in [-0.2, 0) is 16.0 Å². The highest BCUT2D eigenvalue weighted by molar-refractivity contribution is 5.73. The lowest BCUT2D eigenvalue weighted by atomic mass is 10.0. The maximum atomic E-state index is 11.3. The number of esters is 1. The van der Waals surface area contributed by atoms with Gasteiger partial charge in [0.2, 0.25) is 0 Å². The third kappa shape index (κ3) is 4.14. The zero-order valence-electron chi connectivity index (χ0n) is 11.1. The summed E-state index contributed by atoms with van der Waals surface area (Å²) in [6.45, 7) is 2.08. The van der Waals surface area contributed by atoms with Gasteiger partial charge in [-0.2, -0.15) is 0 Å². The summed E-state index contributed by atoms with van der Waals surface area (Å²) in [6, 6.07) is 5.52. The van der Waals surface area contributed by atoms with Gasteiger partial charge in [-0.3, -0.25) is 4.79 Å². The molecule has 0 bridgehead atoms. The Morgan fingerprint density at radius 1 is 1.33 bits per heavy atom. The van der Waals surface area contributed by atoms with Crippen molar-refractivity contribution in [3.8, 4) is 17.6 Å². The molecule has 0 radical (unpaired) electrons. The average molecular weight is 246 g/mol. The van der Waals surface area contributed by atoms with Crippen LogP contribution in [-0.4, -0.2) is 20.2 Å². The quantitative estimate of drug-likeness (QED) is 0.605. The molecule has 0 aliphatic heterocycles. The second-order valence-corrected chi connectivity index (χ2v) is 3.83. The van der Waals surface area contributed by atoms with E-state index < -0.39 is 0 Å². The van der Waals surface area contributed by atoms with Crippen LogP contribution < -0.4 is 4.74 Å². The first-order chi connectivity index (χ1) is 8.71. The van der Waals surface area contributed by atoms with Gasteiger partial charge in [-0.25, -0.2) is 0 Å². The first-order valence-electron chi connectivity index (χ1n) is 5.93. The number of unbranched alkanes of at least 4 members (excludes halogenated alkanes) is 1. The SMILES string of the molecule is CCCC#Cc1cc(OC)ccc1CC(=O)OC. The second kappa shape index (κ2) is 7.39. The number of rotatable bonds is 4. The van der Waals surface area contributed by atoms with E-state index in [1.165, 1.54) is 7.11 Å². The van der Waals surface area contributed by atoms with E-state index >= 15 is 0 Å². The highest BCUT2D eigenvalue weighted by atomic mass is 16.5. The van der Waals surface area contributed by atoms with Crippen LogP contribution in [0.4, 0.5) is 0 Å². The van der Waals surface area contributed by atoms with Crippen molar-refractivity contribution >= 4 is 5.97 Å². The minimum absolute atomic E-state index is 0.233. The Kier molecular flexibility index (Phi) is 5.79. The Balaban J connectivity index is 3.01. The Labute approximate surface area is 108 Å². The lowest BCUT2D eigenvalue weighted by Crippen LogP contribution is -2.06. The van der Waals surface area contributed by atoms with Crippen LogP contribution in [0.1, 0.15) is 30.9 Å². The van der Waals surface area contributed by atoms with Crippen molar-refractivity contribution in [2.24, 2.45) is 0 Å². The molecule has 3 heteroatoms. The zero-order chi connectivity index (χ0) is 13.4. The second-order valence-electron chi connectivity index (χ2n) is 3.83. The molecule has 18 heavy (non-hydrogen) atoms. The molecule has 0 spiro atoms. The third-order valence-corrected chi connectivity index (χ3v) is 2.48. The summed E-state index contributed by atoms with van der Waals surface area (Å²) < 4.78 is 9.84. The van der Waals surface area contributed by atoms with Gasteiger partial charge < -0.3 is 9.47 Å². The van der Waals surface area contributed by atoms with E-state index in [4.69, 9.17) is 4.74 Å². The van der Waals surface area contributed by atoms with Gasteiger partial charge in [0.25, 0.3) is 0 Å². The number of ether oxygens (including phenoxy) is 2. The van der Waals surface area contributed by atoms with Gasteiger partial charge in [0.15, 0.2) is 0 Å². The van der Waals surface area contributed by atoms with Gasteiger partial charge >= 0.3 is 5.97 Å². The molecular formula is C15H18O3. The molecule has 0 heterocycles. The fourth-order valence-corrected chi connectivity index (χ4v) is 1.46. The van der Waals surface area contributed by atoms with E-state index in [9.17, 15) is 4.79 Å². The topological polar surface area (TPSA) is 35.5 Å². The van der Waals surface area contributed by atoms with Crippen LogP contribution in [0.15, 0.2) is 18.2 Å². The van der Waals surface area contributed by atoms with E-state index in [-0.39, 0.29) is 12.4 Å². The summed E-state index contributed by atoms with van der Waals surface area (Å²) in [5.41, 5.74) is 1.69. The number of hydrogen-bond donors (Lipinski definition) is 0. The predicted molar refractivity (Wildman–Crippen MR) is 70.5 cm³/mol. The summed E-state index contributed by atoms with van der Waals surface area (Å²) in [4.78, 5) is 11.3. The maximum Gasteiger partial charge on any atom is 0.310 e. The predicted octanol–water partition coefficient (Wildman–Crippen LogP) is 2.56. The molecule has 0 saturated carbocycles. The van der Waals surface area contributed by atoms with Crippen LogP contribution in [0.2, 0.25) is 0 Å². The van der Waals surface area contributed by atoms with Crippen LogP contribution in [0.25, 0.3) is 0 Å². The van der Waals surface area contributed by atoms with Crippen molar-refractivity contribution in [2.45, 2.75) is 26.2 Å². The number of methoxy groups -OCH3 is 2. The van der Waals surface area contributed by atoms with Gasteiger partial charge in [-0.05, 0) is 24.1 Å². The molecule has 0 atom stereocenters. The molecule has 0 unspecified atom stereocenters. The molecule has 0 saturated heterocycles. The number of benzene rings is 1. The molecule has 1 aromatic rings. The standard InChI is InChI=1S/C15H18O3/c1-4-5-6-7-12-10-14(17-2)9-8-13(12)11-15(16)18-3/h8-10H,4-5,11H2,1-3H3.